The monoisotopic (exact) mass is 526 g/mol. The highest BCUT2D eigenvalue weighted by Gasteiger charge is 2.11. The van der Waals surface area contributed by atoms with Crippen molar-refractivity contribution in [2.75, 3.05) is 51.3 Å². The Morgan fingerprint density at radius 2 is 1.15 bits per heavy atom. The lowest BCUT2D eigenvalue weighted by Crippen LogP contribution is -2.22. The van der Waals surface area contributed by atoms with E-state index in [1.165, 1.54) is 11.1 Å². The fraction of sp³-hybridized carbons (Fsp3) is 0.273. The van der Waals surface area contributed by atoms with Crippen molar-refractivity contribution in [3.8, 4) is 17.2 Å². The van der Waals surface area contributed by atoms with Crippen LogP contribution in [-0.4, -0.2) is 41.5 Å². The van der Waals surface area contributed by atoms with E-state index in [2.05, 4.69) is 64.4 Å². The van der Waals surface area contributed by atoms with Crippen molar-refractivity contribution >= 4 is 11.4 Å². The van der Waals surface area contributed by atoms with Gasteiger partial charge in [-0.3, -0.25) is 0 Å². The Morgan fingerprint density at radius 3 is 1.74 bits per heavy atom. The minimum absolute atomic E-state index is 0.504. The number of hydrogen-bond donors (Lipinski definition) is 0. The third-order valence-corrected chi connectivity index (χ3v) is 6.42. The molecule has 204 valence electrons. The van der Waals surface area contributed by atoms with Crippen LogP contribution in [0.3, 0.4) is 0 Å². The molecule has 0 unspecified atom stereocenters. The Labute approximate surface area is 232 Å². The van der Waals surface area contributed by atoms with Crippen molar-refractivity contribution in [3.05, 3.63) is 114 Å². The molecule has 4 aromatic rings. The second kappa shape index (κ2) is 14.1. The molecule has 6 heteroatoms. The van der Waals surface area contributed by atoms with Gasteiger partial charge in [-0.2, -0.15) is 0 Å². The van der Waals surface area contributed by atoms with Gasteiger partial charge in [0.1, 0.15) is 23.9 Å². The van der Waals surface area contributed by atoms with Gasteiger partial charge >= 0.3 is 0 Å². The molecule has 0 N–H and O–H groups in total. The summed E-state index contributed by atoms with van der Waals surface area (Å²) < 4.78 is 22.6. The standard InChI is InChI=1S/C33H38N2O4/c1-34(2)30-10-7-13-33(22-30)39-19-18-38-25-26-14-16-29(17-15-26)35(23-27-8-5-11-31(20-27)36-3)24-28-9-6-12-32(21-28)37-4/h5-17,20-22H,18-19,23-25H2,1-4H3. The van der Waals surface area contributed by atoms with E-state index in [0.29, 0.717) is 19.8 Å². The lowest BCUT2D eigenvalue weighted by atomic mass is 10.1. The maximum absolute atomic E-state index is 5.89. The molecule has 0 aromatic heterocycles. The molecule has 0 aliphatic carbocycles. The van der Waals surface area contributed by atoms with Gasteiger partial charge in [-0.15, -0.1) is 0 Å². The smallest absolute Gasteiger partial charge is 0.121 e. The van der Waals surface area contributed by atoms with Gasteiger partial charge in [0, 0.05) is 44.6 Å². The van der Waals surface area contributed by atoms with Crippen LogP contribution in [0.5, 0.6) is 17.2 Å². The molecular weight excluding hydrogens is 488 g/mol. The average Bonchev–Trinajstić information content (AvgIpc) is 2.97. The molecule has 0 amide bonds. The molecule has 4 rings (SSSR count). The third-order valence-electron chi connectivity index (χ3n) is 6.42. The van der Waals surface area contributed by atoms with Gasteiger partial charge < -0.3 is 28.7 Å². The summed E-state index contributed by atoms with van der Waals surface area (Å²) in [7, 11) is 7.43. The van der Waals surface area contributed by atoms with Crippen LogP contribution in [0.1, 0.15) is 16.7 Å². The van der Waals surface area contributed by atoms with Gasteiger partial charge in [-0.1, -0.05) is 42.5 Å². The van der Waals surface area contributed by atoms with Crippen LogP contribution >= 0.6 is 0 Å². The lowest BCUT2D eigenvalue weighted by Gasteiger charge is -2.26. The number of hydrogen-bond acceptors (Lipinski definition) is 6. The Balaban J connectivity index is 1.36. The number of ether oxygens (including phenoxy) is 4. The van der Waals surface area contributed by atoms with Crippen LogP contribution in [0.25, 0.3) is 0 Å². The Hall–Kier alpha value is -4.16. The molecule has 0 bridgehead atoms. The van der Waals surface area contributed by atoms with E-state index in [1.807, 2.05) is 56.6 Å². The van der Waals surface area contributed by atoms with Gasteiger partial charge in [0.15, 0.2) is 0 Å². The predicted molar refractivity (Wildman–Crippen MR) is 158 cm³/mol. The second-order valence-corrected chi connectivity index (χ2v) is 9.52. The van der Waals surface area contributed by atoms with Crippen molar-refractivity contribution in [3.63, 3.8) is 0 Å². The SMILES string of the molecule is COc1cccc(CN(Cc2cccc(OC)c2)c2ccc(COCCOc3cccc(N(C)C)c3)cc2)c1. The van der Waals surface area contributed by atoms with Crippen LogP contribution in [-0.2, 0) is 24.4 Å². The molecule has 39 heavy (non-hydrogen) atoms. The van der Waals surface area contributed by atoms with E-state index in [-0.39, 0.29) is 0 Å². The first kappa shape index (κ1) is 27.9. The summed E-state index contributed by atoms with van der Waals surface area (Å²) in [5.74, 6) is 2.56. The topological polar surface area (TPSA) is 43.4 Å². The molecular formula is C33H38N2O4. The number of anilines is 2. The molecule has 0 aliphatic rings. The maximum atomic E-state index is 5.89. The number of methoxy groups -OCH3 is 2. The van der Waals surface area contributed by atoms with Gasteiger partial charge in [0.05, 0.1) is 27.4 Å². The van der Waals surface area contributed by atoms with E-state index >= 15 is 0 Å². The summed E-state index contributed by atoms with van der Waals surface area (Å²) in [6.07, 6.45) is 0. The highest BCUT2D eigenvalue weighted by atomic mass is 16.5. The normalized spacial score (nSPS) is 10.7. The Bertz CT molecular complexity index is 1260. The molecule has 0 radical (unpaired) electrons. The Morgan fingerprint density at radius 1 is 0.564 bits per heavy atom. The summed E-state index contributed by atoms with van der Waals surface area (Å²) in [4.78, 5) is 4.41. The fourth-order valence-corrected chi connectivity index (χ4v) is 4.28. The fourth-order valence-electron chi connectivity index (χ4n) is 4.28. The van der Waals surface area contributed by atoms with Crippen LogP contribution in [0, 0.1) is 0 Å². The first-order valence-corrected chi connectivity index (χ1v) is 13.1. The van der Waals surface area contributed by atoms with Gasteiger partial charge in [0.25, 0.3) is 0 Å². The molecule has 0 saturated heterocycles. The van der Waals surface area contributed by atoms with Crippen LogP contribution in [0.2, 0.25) is 0 Å². The zero-order valence-corrected chi connectivity index (χ0v) is 23.3. The molecule has 0 heterocycles. The second-order valence-electron chi connectivity index (χ2n) is 9.52. The summed E-state index contributed by atoms with van der Waals surface area (Å²) >= 11 is 0. The minimum atomic E-state index is 0.504. The van der Waals surface area contributed by atoms with E-state index in [0.717, 1.165) is 47.3 Å². The predicted octanol–water partition coefficient (Wildman–Crippen LogP) is 6.57. The van der Waals surface area contributed by atoms with E-state index in [9.17, 15) is 0 Å². The van der Waals surface area contributed by atoms with Crippen molar-refractivity contribution in [1.29, 1.82) is 0 Å². The zero-order chi connectivity index (χ0) is 27.5. The molecule has 0 saturated carbocycles. The van der Waals surface area contributed by atoms with Crippen molar-refractivity contribution in [1.82, 2.24) is 0 Å². The van der Waals surface area contributed by atoms with Crippen LogP contribution in [0.4, 0.5) is 11.4 Å². The van der Waals surface area contributed by atoms with Gasteiger partial charge in [-0.25, -0.2) is 0 Å². The van der Waals surface area contributed by atoms with Crippen molar-refractivity contribution < 1.29 is 18.9 Å². The average molecular weight is 527 g/mol. The van der Waals surface area contributed by atoms with Crippen LogP contribution < -0.4 is 24.0 Å². The first-order valence-electron chi connectivity index (χ1n) is 13.1. The first-order chi connectivity index (χ1) is 19.0. The van der Waals surface area contributed by atoms with Crippen molar-refractivity contribution in [2.45, 2.75) is 19.7 Å². The van der Waals surface area contributed by atoms with Gasteiger partial charge in [-0.05, 0) is 65.2 Å². The number of rotatable bonds is 14. The van der Waals surface area contributed by atoms with Gasteiger partial charge in [0.2, 0.25) is 0 Å². The summed E-state index contributed by atoms with van der Waals surface area (Å²) in [5.41, 5.74) is 5.73. The summed E-state index contributed by atoms with van der Waals surface area (Å²) in [6.45, 7) is 3.05. The number of nitrogens with zero attached hydrogens (tertiary/aromatic N) is 2. The molecule has 0 atom stereocenters. The molecule has 0 spiro atoms. The largest absolute Gasteiger partial charge is 0.497 e. The molecule has 4 aromatic carbocycles. The maximum Gasteiger partial charge on any atom is 0.121 e. The van der Waals surface area contributed by atoms with E-state index < -0.39 is 0 Å². The molecule has 0 fully saturated rings. The Kier molecular flexibility index (Phi) is 10.1. The zero-order valence-electron chi connectivity index (χ0n) is 23.3. The lowest BCUT2D eigenvalue weighted by molar-refractivity contribution is 0.0889. The van der Waals surface area contributed by atoms with E-state index in [4.69, 9.17) is 18.9 Å². The minimum Gasteiger partial charge on any atom is -0.497 e. The van der Waals surface area contributed by atoms with Crippen molar-refractivity contribution in [2.24, 2.45) is 0 Å². The highest BCUT2D eigenvalue weighted by Crippen LogP contribution is 2.24. The third kappa shape index (κ3) is 8.42. The molecule has 0 aliphatic heterocycles. The summed E-state index contributed by atoms with van der Waals surface area (Å²) in [6, 6.07) is 33.0. The highest BCUT2D eigenvalue weighted by molar-refractivity contribution is 5.50. The van der Waals surface area contributed by atoms with Crippen LogP contribution in [0.15, 0.2) is 97.1 Å². The molecule has 6 nitrogen and oxygen atoms in total. The number of benzene rings is 4. The quantitative estimate of drug-likeness (QED) is 0.173. The summed E-state index contributed by atoms with van der Waals surface area (Å²) in [5, 5.41) is 0. The van der Waals surface area contributed by atoms with E-state index in [1.54, 1.807) is 14.2 Å².